The van der Waals surface area contributed by atoms with Gasteiger partial charge in [0.05, 0.1) is 12.1 Å². The molecule has 2 heterocycles. The van der Waals surface area contributed by atoms with Crippen molar-refractivity contribution in [3.63, 3.8) is 0 Å². The number of carbonyl (C=O) groups is 2. The Balaban J connectivity index is 2.03. The maximum Gasteiger partial charge on any atom is 0.329 e. The van der Waals surface area contributed by atoms with E-state index in [4.69, 9.17) is 5.11 Å². The molecule has 7 heteroatoms. The molecule has 0 atom stereocenters. The third-order valence-corrected chi connectivity index (χ3v) is 3.61. The van der Waals surface area contributed by atoms with Gasteiger partial charge in [-0.05, 0) is 18.2 Å². The first-order valence-corrected chi connectivity index (χ1v) is 7.28. The molecule has 3 rings (SSSR count). The van der Waals surface area contributed by atoms with Gasteiger partial charge in [-0.25, -0.2) is 4.79 Å². The Morgan fingerprint density at radius 2 is 2.22 bits per heavy atom. The maximum atomic E-state index is 12.0. The highest BCUT2D eigenvalue weighted by atomic mass is 16.3. The minimum atomic E-state index is -0.460. The molecule has 3 amide bonds. The highest BCUT2D eigenvalue weighted by molar-refractivity contribution is 6.08. The molecule has 0 aliphatic carbocycles. The van der Waals surface area contributed by atoms with Gasteiger partial charge in [-0.3, -0.25) is 19.7 Å². The lowest BCUT2D eigenvalue weighted by molar-refractivity contribution is -0.120. The lowest BCUT2D eigenvalue weighted by Crippen LogP contribution is -2.49. The Morgan fingerprint density at radius 3 is 2.96 bits per heavy atom. The molecule has 1 saturated heterocycles. The predicted molar refractivity (Wildman–Crippen MR) is 84.8 cm³/mol. The van der Waals surface area contributed by atoms with Crippen LogP contribution in [0, 0.1) is 11.8 Å². The van der Waals surface area contributed by atoms with E-state index < -0.39 is 6.03 Å². The van der Waals surface area contributed by atoms with Crippen LogP contribution in [-0.4, -0.2) is 40.0 Å². The monoisotopic (exact) mass is 312 g/mol. The second-order valence-electron chi connectivity index (χ2n) is 5.21. The number of urea groups is 1. The SMILES string of the molecule is Cn1nc(N2CCC(=O)NC2=O)c2cc(C#CCCO)ccc21. The number of aliphatic hydroxyl groups excluding tert-OH is 1. The van der Waals surface area contributed by atoms with Gasteiger partial charge in [0.25, 0.3) is 0 Å². The van der Waals surface area contributed by atoms with E-state index in [0.717, 1.165) is 16.5 Å². The van der Waals surface area contributed by atoms with Gasteiger partial charge in [-0.2, -0.15) is 5.10 Å². The van der Waals surface area contributed by atoms with Crippen LogP contribution in [0.3, 0.4) is 0 Å². The van der Waals surface area contributed by atoms with Crippen LogP contribution in [-0.2, 0) is 11.8 Å². The summed E-state index contributed by atoms with van der Waals surface area (Å²) in [6, 6.07) is 5.17. The third kappa shape index (κ3) is 2.89. The number of imide groups is 1. The fourth-order valence-electron chi connectivity index (χ4n) is 2.51. The summed E-state index contributed by atoms with van der Waals surface area (Å²) in [4.78, 5) is 24.8. The van der Waals surface area contributed by atoms with Crippen LogP contribution in [0.4, 0.5) is 10.6 Å². The summed E-state index contributed by atoms with van der Waals surface area (Å²) in [5.74, 6) is 6.08. The Hall–Kier alpha value is -2.85. The number of hydrogen-bond acceptors (Lipinski definition) is 4. The fourth-order valence-corrected chi connectivity index (χ4v) is 2.51. The molecule has 1 aliphatic heterocycles. The van der Waals surface area contributed by atoms with Crippen molar-refractivity contribution in [3.8, 4) is 11.8 Å². The van der Waals surface area contributed by atoms with Crippen LogP contribution < -0.4 is 10.2 Å². The highest BCUT2D eigenvalue weighted by Gasteiger charge is 2.27. The number of hydrogen-bond donors (Lipinski definition) is 2. The molecule has 0 saturated carbocycles. The van der Waals surface area contributed by atoms with Crippen molar-refractivity contribution in [2.45, 2.75) is 12.8 Å². The molecule has 0 unspecified atom stereocenters. The minimum Gasteiger partial charge on any atom is -0.395 e. The zero-order valence-electron chi connectivity index (χ0n) is 12.7. The van der Waals surface area contributed by atoms with E-state index >= 15 is 0 Å². The van der Waals surface area contributed by atoms with Gasteiger partial charge in [0.15, 0.2) is 5.82 Å². The number of aliphatic hydroxyl groups is 1. The van der Waals surface area contributed by atoms with Gasteiger partial charge in [0.2, 0.25) is 5.91 Å². The number of nitrogens with zero attached hydrogens (tertiary/aromatic N) is 3. The van der Waals surface area contributed by atoms with Crippen molar-refractivity contribution in [1.82, 2.24) is 15.1 Å². The van der Waals surface area contributed by atoms with Crippen molar-refractivity contribution in [1.29, 1.82) is 0 Å². The number of anilines is 1. The summed E-state index contributed by atoms with van der Waals surface area (Å²) in [5.41, 5.74) is 1.66. The number of amides is 3. The summed E-state index contributed by atoms with van der Waals surface area (Å²) in [6.45, 7) is 0.326. The maximum absolute atomic E-state index is 12.0. The Labute approximate surface area is 132 Å². The van der Waals surface area contributed by atoms with Gasteiger partial charge < -0.3 is 5.11 Å². The van der Waals surface area contributed by atoms with E-state index in [1.807, 2.05) is 18.2 Å². The molecular weight excluding hydrogens is 296 g/mol. The number of aryl methyl sites for hydroxylation is 1. The van der Waals surface area contributed by atoms with Crippen molar-refractivity contribution in [3.05, 3.63) is 23.8 Å². The number of rotatable bonds is 2. The molecule has 1 fully saturated rings. The zero-order chi connectivity index (χ0) is 16.4. The van der Waals surface area contributed by atoms with Gasteiger partial charge in [0, 0.05) is 37.4 Å². The summed E-state index contributed by atoms with van der Waals surface area (Å²) in [6.07, 6.45) is 0.661. The molecule has 118 valence electrons. The number of carbonyl (C=O) groups excluding carboxylic acids is 2. The summed E-state index contributed by atoms with van der Waals surface area (Å²) < 4.78 is 1.69. The molecule has 2 N–H and O–H groups in total. The molecule has 1 aliphatic rings. The summed E-state index contributed by atoms with van der Waals surface area (Å²) in [5, 5.41) is 16.3. The Kier molecular flexibility index (Phi) is 4.00. The topological polar surface area (TPSA) is 87.5 Å². The molecule has 1 aromatic carbocycles. The Bertz CT molecular complexity index is 844. The minimum absolute atomic E-state index is 0.0232. The summed E-state index contributed by atoms with van der Waals surface area (Å²) in [7, 11) is 1.80. The lowest BCUT2D eigenvalue weighted by atomic mass is 10.1. The largest absolute Gasteiger partial charge is 0.395 e. The summed E-state index contributed by atoms with van der Waals surface area (Å²) >= 11 is 0. The molecule has 23 heavy (non-hydrogen) atoms. The van der Waals surface area contributed by atoms with Gasteiger partial charge in [0.1, 0.15) is 0 Å². The van der Waals surface area contributed by atoms with Crippen molar-refractivity contribution in [2.24, 2.45) is 7.05 Å². The zero-order valence-corrected chi connectivity index (χ0v) is 12.7. The average Bonchev–Trinajstić information content (AvgIpc) is 2.84. The second-order valence-corrected chi connectivity index (χ2v) is 5.21. The molecule has 1 aromatic heterocycles. The normalized spacial score (nSPS) is 14.6. The first-order chi connectivity index (χ1) is 11.1. The van der Waals surface area contributed by atoms with E-state index in [9.17, 15) is 9.59 Å². The Morgan fingerprint density at radius 1 is 1.39 bits per heavy atom. The first-order valence-electron chi connectivity index (χ1n) is 7.28. The molecule has 0 bridgehead atoms. The van der Waals surface area contributed by atoms with Crippen LogP contribution >= 0.6 is 0 Å². The van der Waals surface area contributed by atoms with E-state index in [1.165, 1.54) is 4.90 Å². The van der Waals surface area contributed by atoms with Crippen LogP contribution in [0.5, 0.6) is 0 Å². The number of fused-ring (bicyclic) bond motifs is 1. The van der Waals surface area contributed by atoms with Crippen molar-refractivity contribution in [2.75, 3.05) is 18.1 Å². The number of nitrogens with one attached hydrogen (secondary N) is 1. The van der Waals surface area contributed by atoms with Gasteiger partial charge in [-0.15, -0.1) is 0 Å². The van der Waals surface area contributed by atoms with Gasteiger partial charge >= 0.3 is 6.03 Å². The van der Waals surface area contributed by atoms with E-state index in [0.29, 0.717) is 18.8 Å². The first kappa shape index (κ1) is 15.1. The van der Waals surface area contributed by atoms with E-state index in [-0.39, 0.29) is 18.9 Å². The van der Waals surface area contributed by atoms with E-state index in [1.54, 1.807) is 11.7 Å². The lowest BCUT2D eigenvalue weighted by Gasteiger charge is -2.24. The van der Waals surface area contributed by atoms with Crippen molar-refractivity contribution >= 4 is 28.7 Å². The predicted octanol–water partition coefficient (Wildman–Crippen LogP) is 0.753. The quantitative estimate of drug-likeness (QED) is 0.801. The van der Waals surface area contributed by atoms with Crippen LogP contribution in [0.15, 0.2) is 18.2 Å². The highest BCUT2D eigenvalue weighted by Crippen LogP contribution is 2.27. The molecule has 0 radical (unpaired) electrons. The van der Waals surface area contributed by atoms with Crippen LogP contribution in [0.1, 0.15) is 18.4 Å². The molecule has 7 nitrogen and oxygen atoms in total. The van der Waals surface area contributed by atoms with Gasteiger partial charge in [-0.1, -0.05) is 11.8 Å². The van der Waals surface area contributed by atoms with Crippen LogP contribution in [0.2, 0.25) is 0 Å². The standard InChI is InChI=1S/C16H16N4O3/c1-19-13-6-5-11(4-2-3-9-21)10-12(13)15(18-19)20-8-7-14(22)17-16(20)23/h5-6,10,21H,3,7-9H2,1H3,(H,17,22,23). The number of benzene rings is 1. The number of aromatic nitrogens is 2. The van der Waals surface area contributed by atoms with Crippen molar-refractivity contribution < 1.29 is 14.7 Å². The fraction of sp³-hybridized carbons (Fsp3) is 0.312. The average molecular weight is 312 g/mol. The smallest absolute Gasteiger partial charge is 0.329 e. The van der Waals surface area contributed by atoms with E-state index in [2.05, 4.69) is 22.3 Å². The third-order valence-electron chi connectivity index (χ3n) is 3.61. The second kappa shape index (κ2) is 6.10. The van der Waals surface area contributed by atoms with Crippen LogP contribution in [0.25, 0.3) is 10.9 Å². The molecular formula is C16H16N4O3. The molecule has 2 aromatic rings. The molecule has 0 spiro atoms.